The molecular formula is C23H28ClFN2O2S. The Hall–Kier alpha value is -2.05. The van der Waals surface area contributed by atoms with Crippen LogP contribution in [-0.4, -0.2) is 35.1 Å². The first-order chi connectivity index (χ1) is 14.4. The fraction of sp³-hybridized carbons (Fsp3) is 0.391. The van der Waals surface area contributed by atoms with Crippen LogP contribution in [-0.2, 0) is 21.9 Å². The molecule has 0 aliphatic carbocycles. The first-order valence-corrected chi connectivity index (χ1v) is 11.6. The number of unbranched alkanes of at least 4 members (excludes halogenated alkanes) is 1. The van der Waals surface area contributed by atoms with Crippen LogP contribution in [0.25, 0.3) is 0 Å². The zero-order valence-corrected chi connectivity index (χ0v) is 18.9. The van der Waals surface area contributed by atoms with Crippen molar-refractivity contribution in [1.82, 2.24) is 10.2 Å². The number of amides is 2. The predicted octanol–water partition coefficient (Wildman–Crippen LogP) is 5.05. The average Bonchev–Trinajstić information content (AvgIpc) is 2.74. The normalized spacial score (nSPS) is 11.7. The summed E-state index contributed by atoms with van der Waals surface area (Å²) in [5.41, 5.74) is 1.74. The molecule has 0 fully saturated rings. The molecular weight excluding hydrogens is 423 g/mol. The van der Waals surface area contributed by atoms with Gasteiger partial charge in [-0.3, -0.25) is 9.59 Å². The summed E-state index contributed by atoms with van der Waals surface area (Å²) in [5, 5.41) is 3.56. The van der Waals surface area contributed by atoms with Gasteiger partial charge in [0.2, 0.25) is 11.8 Å². The van der Waals surface area contributed by atoms with Crippen LogP contribution >= 0.6 is 23.4 Å². The van der Waals surface area contributed by atoms with Crippen LogP contribution in [0.1, 0.15) is 37.8 Å². The average molecular weight is 451 g/mol. The molecule has 0 bridgehead atoms. The maximum absolute atomic E-state index is 13.2. The van der Waals surface area contributed by atoms with Crippen LogP contribution in [0.3, 0.4) is 0 Å². The van der Waals surface area contributed by atoms with E-state index < -0.39 is 6.04 Å². The second-order valence-electron chi connectivity index (χ2n) is 7.05. The lowest BCUT2D eigenvalue weighted by atomic mass is 10.1. The van der Waals surface area contributed by atoms with Crippen LogP contribution in [0.5, 0.6) is 0 Å². The molecule has 1 N–H and O–H groups in total. The summed E-state index contributed by atoms with van der Waals surface area (Å²) < 4.78 is 13.2. The molecule has 4 nitrogen and oxygen atoms in total. The molecule has 0 spiro atoms. The van der Waals surface area contributed by atoms with Crippen LogP contribution in [0, 0.1) is 5.82 Å². The van der Waals surface area contributed by atoms with E-state index in [4.69, 9.17) is 11.6 Å². The van der Waals surface area contributed by atoms with E-state index in [1.165, 1.54) is 23.9 Å². The van der Waals surface area contributed by atoms with Crippen LogP contribution in [0.15, 0.2) is 48.5 Å². The van der Waals surface area contributed by atoms with E-state index >= 15 is 0 Å². The van der Waals surface area contributed by atoms with E-state index in [1.54, 1.807) is 24.0 Å². The van der Waals surface area contributed by atoms with Gasteiger partial charge in [0.05, 0.1) is 5.75 Å². The minimum atomic E-state index is -0.625. The molecule has 2 aromatic carbocycles. The van der Waals surface area contributed by atoms with Gasteiger partial charge in [0.15, 0.2) is 0 Å². The summed E-state index contributed by atoms with van der Waals surface area (Å²) >= 11 is 7.64. The number of halogens is 2. The van der Waals surface area contributed by atoms with Crippen molar-refractivity contribution in [3.63, 3.8) is 0 Å². The van der Waals surface area contributed by atoms with Crippen molar-refractivity contribution in [2.75, 3.05) is 12.3 Å². The highest BCUT2D eigenvalue weighted by atomic mass is 35.5. The fourth-order valence-corrected chi connectivity index (χ4v) is 4.05. The lowest BCUT2D eigenvalue weighted by Gasteiger charge is -2.29. The number of hydrogen-bond donors (Lipinski definition) is 1. The third-order valence-corrected chi connectivity index (χ3v) is 6.04. The van der Waals surface area contributed by atoms with Crippen molar-refractivity contribution in [1.29, 1.82) is 0 Å². The molecule has 162 valence electrons. The molecule has 2 aromatic rings. The van der Waals surface area contributed by atoms with Gasteiger partial charge in [0, 0.05) is 23.9 Å². The Balaban J connectivity index is 2.04. The highest BCUT2D eigenvalue weighted by Crippen LogP contribution is 2.21. The van der Waals surface area contributed by atoms with E-state index in [-0.39, 0.29) is 29.9 Å². The van der Waals surface area contributed by atoms with Crippen molar-refractivity contribution < 1.29 is 14.0 Å². The summed E-state index contributed by atoms with van der Waals surface area (Å²) in [6.45, 7) is 4.60. The summed E-state index contributed by atoms with van der Waals surface area (Å²) in [6.07, 6.45) is 1.86. The number of benzene rings is 2. The lowest BCUT2D eigenvalue weighted by Crippen LogP contribution is -2.48. The Morgan fingerprint density at radius 3 is 2.53 bits per heavy atom. The number of nitrogens with one attached hydrogen (secondary N) is 1. The lowest BCUT2D eigenvalue weighted by molar-refractivity contribution is -0.138. The first-order valence-electron chi connectivity index (χ1n) is 10.0. The first kappa shape index (κ1) is 24.2. The van der Waals surface area contributed by atoms with E-state index in [0.717, 1.165) is 24.0 Å². The topological polar surface area (TPSA) is 49.4 Å². The van der Waals surface area contributed by atoms with E-state index in [0.29, 0.717) is 17.3 Å². The molecule has 0 aromatic heterocycles. The van der Waals surface area contributed by atoms with Gasteiger partial charge in [0.1, 0.15) is 11.9 Å². The van der Waals surface area contributed by atoms with Crippen molar-refractivity contribution in [3.05, 3.63) is 70.5 Å². The molecule has 30 heavy (non-hydrogen) atoms. The SMILES string of the molecule is CCCCNC(=O)[C@H](C)N(Cc1ccc(F)cc1)C(=O)CSCc1ccccc1Cl. The number of nitrogens with zero attached hydrogens (tertiary/aromatic N) is 1. The van der Waals surface area contributed by atoms with Crippen molar-refractivity contribution >= 4 is 35.2 Å². The Bertz CT molecular complexity index is 832. The van der Waals surface area contributed by atoms with Crippen LogP contribution < -0.4 is 5.32 Å². The van der Waals surface area contributed by atoms with Gasteiger partial charge in [-0.1, -0.05) is 55.3 Å². The van der Waals surface area contributed by atoms with E-state index in [1.807, 2.05) is 24.3 Å². The summed E-state index contributed by atoms with van der Waals surface area (Å²) in [5.74, 6) is 0.160. The smallest absolute Gasteiger partial charge is 0.242 e. The van der Waals surface area contributed by atoms with Crippen LogP contribution in [0.4, 0.5) is 4.39 Å². The Morgan fingerprint density at radius 2 is 1.87 bits per heavy atom. The highest BCUT2D eigenvalue weighted by Gasteiger charge is 2.25. The predicted molar refractivity (Wildman–Crippen MR) is 122 cm³/mol. The molecule has 0 unspecified atom stereocenters. The molecule has 2 amide bonds. The monoisotopic (exact) mass is 450 g/mol. The second-order valence-corrected chi connectivity index (χ2v) is 8.45. The second kappa shape index (κ2) is 12.6. The number of rotatable bonds is 11. The summed E-state index contributed by atoms with van der Waals surface area (Å²) in [6, 6.07) is 12.9. The molecule has 7 heteroatoms. The standard InChI is InChI=1S/C23H28ClFN2O2S/c1-3-4-13-26-23(29)17(2)27(14-18-9-11-20(25)12-10-18)22(28)16-30-15-19-7-5-6-8-21(19)24/h5-12,17H,3-4,13-16H2,1-2H3,(H,26,29)/t17-/m0/s1. The summed E-state index contributed by atoms with van der Waals surface area (Å²) in [7, 11) is 0. The third-order valence-electron chi connectivity index (χ3n) is 4.70. The van der Waals surface area contributed by atoms with Gasteiger partial charge in [-0.05, 0) is 42.7 Å². The Morgan fingerprint density at radius 1 is 1.17 bits per heavy atom. The molecule has 0 radical (unpaired) electrons. The van der Waals surface area contributed by atoms with Gasteiger partial charge in [-0.15, -0.1) is 11.8 Å². The molecule has 0 aliphatic heterocycles. The molecule has 0 heterocycles. The van der Waals surface area contributed by atoms with Gasteiger partial charge >= 0.3 is 0 Å². The Labute approximate surface area is 187 Å². The molecule has 1 atom stereocenters. The minimum Gasteiger partial charge on any atom is -0.354 e. The van der Waals surface area contributed by atoms with Crippen molar-refractivity contribution in [2.24, 2.45) is 0 Å². The largest absolute Gasteiger partial charge is 0.354 e. The minimum absolute atomic E-state index is 0.144. The van der Waals surface area contributed by atoms with Crippen LogP contribution in [0.2, 0.25) is 5.02 Å². The van der Waals surface area contributed by atoms with E-state index in [9.17, 15) is 14.0 Å². The third kappa shape index (κ3) is 7.65. The summed E-state index contributed by atoms with van der Waals surface area (Å²) in [4.78, 5) is 27.1. The molecule has 0 saturated heterocycles. The highest BCUT2D eigenvalue weighted by molar-refractivity contribution is 7.99. The zero-order valence-electron chi connectivity index (χ0n) is 17.4. The van der Waals surface area contributed by atoms with Gasteiger partial charge < -0.3 is 10.2 Å². The fourth-order valence-electron chi connectivity index (χ4n) is 2.85. The molecule has 0 aliphatic rings. The Kier molecular flexibility index (Phi) is 10.2. The maximum atomic E-state index is 13.2. The van der Waals surface area contributed by atoms with Crippen molar-refractivity contribution in [2.45, 2.75) is 45.0 Å². The number of thioether (sulfide) groups is 1. The molecule has 2 rings (SSSR count). The maximum Gasteiger partial charge on any atom is 0.242 e. The number of carbonyl (C=O) groups is 2. The number of carbonyl (C=O) groups excluding carboxylic acids is 2. The van der Waals surface area contributed by atoms with Crippen molar-refractivity contribution in [3.8, 4) is 0 Å². The van der Waals surface area contributed by atoms with Gasteiger partial charge in [-0.25, -0.2) is 4.39 Å². The number of hydrogen-bond acceptors (Lipinski definition) is 3. The van der Waals surface area contributed by atoms with Gasteiger partial charge in [-0.2, -0.15) is 0 Å². The van der Waals surface area contributed by atoms with Gasteiger partial charge in [0.25, 0.3) is 0 Å². The van der Waals surface area contributed by atoms with E-state index in [2.05, 4.69) is 12.2 Å². The quantitative estimate of drug-likeness (QED) is 0.487. The zero-order chi connectivity index (χ0) is 21.9. The molecule has 0 saturated carbocycles.